The molecular formula is C12H16BrNO2. The molecule has 16 heavy (non-hydrogen) atoms. The van der Waals surface area contributed by atoms with Crippen molar-refractivity contribution in [3.63, 3.8) is 0 Å². The van der Waals surface area contributed by atoms with Gasteiger partial charge in [0.05, 0.1) is 13.5 Å². The number of methoxy groups -OCH3 is 1. The van der Waals surface area contributed by atoms with Crippen LogP contribution in [0.3, 0.4) is 0 Å². The number of carbonyl (C=O) groups excluding carboxylic acids is 1. The van der Waals surface area contributed by atoms with E-state index < -0.39 is 0 Å². The molecule has 0 bridgehead atoms. The van der Waals surface area contributed by atoms with Gasteiger partial charge in [0, 0.05) is 16.2 Å². The lowest BCUT2D eigenvalue weighted by Gasteiger charge is -2.16. The molecule has 0 aliphatic carbocycles. The summed E-state index contributed by atoms with van der Waals surface area (Å²) in [6.45, 7) is 3.98. The average molecular weight is 286 g/mol. The number of rotatable bonds is 4. The van der Waals surface area contributed by atoms with Crippen LogP contribution in [0.15, 0.2) is 22.7 Å². The van der Waals surface area contributed by atoms with Crippen LogP contribution in [0.2, 0.25) is 0 Å². The third-order valence-electron chi connectivity index (χ3n) is 2.37. The van der Waals surface area contributed by atoms with Gasteiger partial charge in [0.2, 0.25) is 0 Å². The highest BCUT2D eigenvalue weighted by molar-refractivity contribution is 9.10. The monoisotopic (exact) mass is 285 g/mol. The molecule has 0 aliphatic heterocycles. The van der Waals surface area contributed by atoms with E-state index in [4.69, 9.17) is 0 Å². The quantitative estimate of drug-likeness (QED) is 0.864. The lowest BCUT2D eigenvalue weighted by Crippen LogP contribution is -2.20. The summed E-state index contributed by atoms with van der Waals surface area (Å²) in [7, 11) is 1.40. The summed E-state index contributed by atoms with van der Waals surface area (Å²) >= 11 is 3.47. The summed E-state index contributed by atoms with van der Waals surface area (Å²) in [5.41, 5.74) is 2.17. The van der Waals surface area contributed by atoms with Crippen LogP contribution in [-0.4, -0.2) is 19.1 Å². The molecule has 3 nitrogen and oxygen atoms in total. The molecule has 0 saturated heterocycles. The number of carbonyl (C=O) groups is 1. The minimum Gasteiger partial charge on any atom is -0.469 e. The van der Waals surface area contributed by atoms with Gasteiger partial charge in [-0.15, -0.1) is 0 Å². The summed E-state index contributed by atoms with van der Waals surface area (Å²) in [6, 6.07) is 6.00. The fourth-order valence-corrected chi connectivity index (χ4v) is 1.78. The summed E-state index contributed by atoms with van der Waals surface area (Å²) in [6.07, 6.45) is 0.364. The van der Waals surface area contributed by atoms with Gasteiger partial charge in [-0.1, -0.05) is 22.0 Å². The lowest BCUT2D eigenvalue weighted by atomic mass is 10.1. The topological polar surface area (TPSA) is 38.3 Å². The Balaban J connectivity index is 2.66. The molecule has 1 atom stereocenters. The molecule has 0 spiro atoms. The second-order valence-corrected chi connectivity index (χ2v) is 4.59. The van der Waals surface area contributed by atoms with Gasteiger partial charge in [-0.05, 0) is 31.5 Å². The number of ether oxygens (including phenoxy) is 1. The van der Waals surface area contributed by atoms with Crippen molar-refractivity contribution in [2.75, 3.05) is 12.4 Å². The summed E-state index contributed by atoms with van der Waals surface area (Å²) in [5.74, 6) is -0.201. The van der Waals surface area contributed by atoms with Crippen molar-refractivity contribution in [1.82, 2.24) is 0 Å². The molecule has 0 aliphatic rings. The Labute approximate surface area is 104 Å². The molecule has 88 valence electrons. The second-order valence-electron chi connectivity index (χ2n) is 3.74. The number of nitrogens with one attached hydrogen (secondary N) is 1. The van der Waals surface area contributed by atoms with Crippen LogP contribution < -0.4 is 5.32 Å². The highest BCUT2D eigenvalue weighted by atomic mass is 79.9. The normalized spacial score (nSPS) is 12.0. The van der Waals surface area contributed by atoms with Gasteiger partial charge in [-0.25, -0.2) is 0 Å². The zero-order chi connectivity index (χ0) is 12.1. The number of halogens is 1. The molecule has 1 rings (SSSR count). The highest BCUT2D eigenvalue weighted by Crippen LogP contribution is 2.24. The van der Waals surface area contributed by atoms with E-state index in [0.717, 1.165) is 15.7 Å². The Morgan fingerprint density at radius 1 is 1.56 bits per heavy atom. The Kier molecular flexibility index (Phi) is 4.80. The molecule has 4 heteroatoms. The van der Waals surface area contributed by atoms with Crippen LogP contribution >= 0.6 is 15.9 Å². The van der Waals surface area contributed by atoms with Gasteiger partial charge in [0.25, 0.3) is 0 Å². The van der Waals surface area contributed by atoms with Crippen molar-refractivity contribution in [2.45, 2.75) is 26.3 Å². The fourth-order valence-electron chi connectivity index (χ4n) is 1.41. The largest absolute Gasteiger partial charge is 0.469 e. The SMILES string of the molecule is COC(=O)CC(C)Nc1cccc(Br)c1C. The van der Waals surface area contributed by atoms with E-state index in [-0.39, 0.29) is 12.0 Å². The van der Waals surface area contributed by atoms with Crippen LogP contribution in [0.25, 0.3) is 0 Å². The molecule has 1 aromatic rings. The number of anilines is 1. The smallest absolute Gasteiger partial charge is 0.307 e. The van der Waals surface area contributed by atoms with E-state index in [1.165, 1.54) is 7.11 Å². The van der Waals surface area contributed by atoms with Crippen LogP contribution in [0.5, 0.6) is 0 Å². The van der Waals surface area contributed by atoms with Crippen molar-refractivity contribution >= 4 is 27.6 Å². The molecular weight excluding hydrogens is 270 g/mol. The van der Waals surface area contributed by atoms with Gasteiger partial charge in [0.1, 0.15) is 0 Å². The van der Waals surface area contributed by atoms with Crippen LogP contribution in [0, 0.1) is 6.92 Å². The molecule has 0 fully saturated rings. The summed E-state index contributed by atoms with van der Waals surface area (Å²) < 4.78 is 5.68. The van der Waals surface area contributed by atoms with Crippen molar-refractivity contribution in [2.24, 2.45) is 0 Å². The zero-order valence-electron chi connectivity index (χ0n) is 9.71. The lowest BCUT2D eigenvalue weighted by molar-refractivity contribution is -0.140. The van der Waals surface area contributed by atoms with Gasteiger partial charge in [0.15, 0.2) is 0 Å². The molecule has 1 unspecified atom stereocenters. The van der Waals surface area contributed by atoms with Crippen molar-refractivity contribution in [3.05, 3.63) is 28.2 Å². The average Bonchev–Trinajstić information content (AvgIpc) is 2.24. The van der Waals surface area contributed by atoms with Crippen molar-refractivity contribution in [3.8, 4) is 0 Å². The van der Waals surface area contributed by atoms with Gasteiger partial charge in [-0.2, -0.15) is 0 Å². The molecule has 1 N–H and O–H groups in total. The third-order valence-corrected chi connectivity index (χ3v) is 3.23. The van der Waals surface area contributed by atoms with E-state index in [1.807, 2.05) is 32.0 Å². The Morgan fingerprint density at radius 3 is 2.88 bits per heavy atom. The minimum absolute atomic E-state index is 0.0560. The van der Waals surface area contributed by atoms with E-state index in [2.05, 4.69) is 26.0 Å². The summed E-state index contributed by atoms with van der Waals surface area (Å²) in [4.78, 5) is 11.1. The van der Waals surface area contributed by atoms with Crippen LogP contribution in [0.4, 0.5) is 5.69 Å². The molecule has 0 radical (unpaired) electrons. The zero-order valence-corrected chi connectivity index (χ0v) is 11.3. The predicted molar refractivity (Wildman–Crippen MR) is 68.6 cm³/mol. The van der Waals surface area contributed by atoms with E-state index in [1.54, 1.807) is 0 Å². The maximum atomic E-state index is 11.1. The third kappa shape index (κ3) is 3.52. The van der Waals surface area contributed by atoms with Gasteiger partial charge < -0.3 is 10.1 Å². The van der Waals surface area contributed by atoms with Crippen molar-refractivity contribution < 1.29 is 9.53 Å². The minimum atomic E-state index is -0.201. The number of hydrogen-bond acceptors (Lipinski definition) is 3. The first kappa shape index (κ1) is 13.0. The fraction of sp³-hybridized carbons (Fsp3) is 0.417. The first-order valence-corrected chi connectivity index (χ1v) is 5.92. The van der Waals surface area contributed by atoms with Gasteiger partial charge >= 0.3 is 5.97 Å². The van der Waals surface area contributed by atoms with Crippen LogP contribution in [-0.2, 0) is 9.53 Å². The Bertz CT molecular complexity index is 379. The molecule has 0 heterocycles. The molecule has 0 amide bonds. The van der Waals surface area contributed by atoms with Crippen molar-refractivity contribution in [1.29, 1.82) is 0 Å². The maximum Gasteiger partial charge on any atom is 0.307 e. The number of benzene rings is 1. The first-order valence-electron chi connectivity index (χ1n) is 5.13. The summed E-state index contributed by atoms with van der Waals surface area (Å²) in [5, 5.41) is 3.29. The van der Waals surface area contributed by atoms with Crippen LogP contribution in [0.1, 0.15) is 18.9 Å². The molecule has 1 aromatic carbocycles. The van der Waals surface area contributed by atoms with E-state index in [9.17, 15) is 4.79 Å². The van der Waals surface area contributed by atoms with E-state index in [0.29, 0.717) is 6.42 Å². The molecule has 0 saturated carbocycles. The number of esters is 1. The standard InChI is InChI=1S/C12H16BrNO2/c1-8(7-12(15)16-3)14-11-6-4-5-10(13)9(11)2/h4-6,8,14H,7H2,1-3H3. The number of hydrogen-bond donors (Lipinski definition) is 1. The maximum absolute atomic E-state index is 11.1. The van der Waals surface area contributed by atoms with Gasteiger partial charge in [-0.3, -0.25) is 4.79 Å². The Hall–Kier alpha value is -1.03. The Morgan fingerprint density at radius 2 is 2.25 bits per heavy atom. The highest BCUT2D eigenvalue weighted by Gasteiger charge is 2.10. The molecule has 0 aromatic heterocycles. The second kappa shape index (κ2) is 5.89. The van der Waals surface area contributed by atoms with E-state index >= 15 is 0 Å². The first-order chi connectivity index (χ1) is 7.54. The predicted octanol–water partition coefficient (Wildman–Crippen LogP) is 3.12.